The minimum atomic E-state index is -0.318. The molecule has 3 aliphatic rings. The van der Waals surface area contributed by atoms with Gasteiger partial charge < -0.3 is 9.47 Å². The molecule has 0 radical (unpaired) electrons. The van der Waals surface area contributed by atoms with Crippen molar-refractivity contribution in [1.29, 1.82) is 0 Å². The second-order valence-electron chi connectivity index (χ2n) is 7.70. The van der Waals surface area contributed by atoms with Crippen LogP contribution < -0.4 is 0 Å². The number of hydrogen-bond donors (Lipinski definition) is 0. The van der Waals surface area contributed by atoms with Crippen LogP contribution >= 0.6 is 0 Å². The minimum Gasteiger partial charge on any atom is -0.348 e. The van der Waals surface area contributed by atoms with Crippen molar-refractivity contribution in [2.75, 3.05) is 13.2 Å². The highest BCUT2D eigenvalue weighted by Gasteiger charge is 2.50. The number of fused-ring (bicyclic) bond motifs is 2. The highest BCUT2D eigenvalue weighted by atomic mass is 16.7. The Morgan fingerprint density at radius 2 is 1.48 bits per heavy atom. The summed E-state index contributed by atoms with van der Waals surface area (Å²) in [5, 5.41) is 0. The molecule has 0 unspecified atom stereocenters. The van der Waals surface area contributed by atoms with Gasteiger partial charge >= 0.3 is 0 Å². The van der Waals surface area contributed by atoms with Gasteiger partial charge in [0, 0.05) is 18.3 Å². The zero-order valence-electron chi connectivity index (χ0n) is 14.8. The molecular weight excluding hydrogens is 308 g/mol. The smallest absolute Gasteiger partial charge is 0.168 e. The fourth-order valence-corrected chi connectivity index (χ4v) is 4.97. The molecule has 25 heavy (non-hydrogen) atoms. The van der Waals surface area contributed by atoms with Crippen LogP contribution in [0.5, 0.6) is 0 Å². The van der Waals surface area contributed by atoms with Crippen molar-refractivity contribution in [3.05, 3.63) is 70.8 Å². The van der Waals surface area contributed by atoms with Crippen molar-refractivity contribution in [2.45, 2.75) is 43.8 Å². The summed E-state index contributed by atoms with van der Waals surface area (Å²) in [5.74, 6) is -0.318. The average Bonchev–Trinajstić information content (AvgIpc) is 3.22. The number of ether oxygens (including phenoxy) is 2. The van der Waals surface area contributed by atoms with Gasteiger partial charge in [0.15, 0.2) is 5.79 Å². The Morgan fingerprint density at radius 3 is 2.20 bits per heavy atom. The van der Waals surface area contributed by atoms with Crippen molar-refractivity contribution in [3.63, 3.8) is 0 Å². The van der Waals surface area contributed by atoms with E-state index in [1.807, 2.05) is 0 Å². The Balaban J connectivity index is 1.57. The van der Waals surface area contributed by atoms with Crippen LogP contribution in [0.4, 0.5) is 0 Å². The molecule has 5 rings (SSSR count). The maximum Gasteiger partial charge on any atom is 0.168 e. The van der Waals surface area contributed by atoms with E-state index in [1.165, 1.54) is 27.8 Å². The van der Waals surface area contributed by atoms with Gasteiger partial charge in [-0.15, -0.1) is 0 Å². The lowest BCUT2D eigenvalue weighted by Gasteiger charge is -2.44. The average molecular weight is 332 g/mol. The van der Waals surface area contributed by atoms with Crippen LogP contribution in [0.1, 0.15) is 47.9 Å². The molecule has 1 heterocycles. The van der Waals surface area contributed by atoms with E-state index in [0.717, 1.165) is 38.9 Å². The third kappa shape index (κ3) is 2.32. The minimum absolute atomic E-state index is 0.104. The normalized spacial score (nSPS) is 23.0. The molecule has 2 nitrogen and oxygen atoms in total. The molecule has 1 saturated heterocycles. The van der Waals surface area contributed by atoms with Gasteiger partial charge in [-0.3, -0.25) is 0 Å². The number of rotatable bonds is 1. The van der Waals surface area contributed by atoms with E-state index in [0.29, 0.717) is 0 Å². The summed E-state index contributed by atoms with van der Waals surface area (Å²) in [4.78, 5) is 0. The summed E-state index contributed by atoms with van der Waals surface area (Å²) < 4.78 is 12.0. The largest absolute Gasteiger partial charge is 0.348 e. The number of benzene rings is 2. The summed E-state index contributed by atoms with van der Waals surface area (Å²) in [5.41, 5.74) is 7.10. The monoisotopic (exact) mass is 332 g/mol. The van der Waals surface area contributed by atoms with E-state index in [-0.39, 0.29) is 11.2 Å². The molecule has 0 aromatic heterocycles. The summed E-state index contributed by atoms with van der Waals surface area (Å²) >= 11 is 0. The molecule has 0 atom stereocenters. The van der Waals surface area contributed by atoms with Gasteiger partial charge in [0.2, 0.25) is 0 Å². The first-order valence-corrected chi connectivity index (χ1v) is 9.38. The molecule has 1 aliphatic heterocycles. The van der Waals surface area contributed by atoms with Gasteiger partial charge in [0.1, 0.15) is 0 Å². The van der Waals surface area contributed by atoms with Crippen molar-refractivity contribution in [1.82, 2.24) is 0 Å². The van der Waals surface area contributed by atoms with Crippen LogP contribution in [0.15, 0.2) is 48.5 Å². The van der Waals surface area contributed by atoms with Gasteiger partial charge in [-0.2, -0.15) is 0 Å². The Labute approximate surface area is 149 Å². The molecule has 2 fully saturated rings. The maximum atomic E-state index is 5.99. The highest BCUT2D eigenvalue weighted by molar-refractivity contribution is 5.94. The Morgan fingerprint density at radius 1 is 0.800 bits per heavy atom. The maximum absolute atomic E-state index is 5.99. The molecule has 2 spiro atoms. The van der Waals surface area contributed by atoms with E-state index >= 15 is 0 Å². The van der Waals surface area contributed by atoms with Crippen LogP contribution in [0.3, 0.4) is 0 Å². The third-order valence-electron chi connectivity index (χ3n) is 6.33. The van der Waals surface area contributed by atoms with Crippen LogP contribution in [0.25, 0.3) is 11.6 Å². The summed E-state index contributed by atoms with van der Waals surface area (Å²) in [6.07, 6.45) is 6.54. The van der Waals surface area contributed by atoms with E-state index in [4.69, 9.17) is 9.47 Å². The lowest BCUT2D eigenvalue weighted by molar-refractivity contribution is -0.182. The van der Waals surface area contributed by atoms with Gasteiger partial charge in [-0.1, -0.05) is 54.1 Å². The van der Waals surface area contributed by atoms with Crippen LogP contribution in [0, 0.1) is 6.92 Å². The van der Waals surface area contributed by atoms with Gasteiger partial charge in [-0.05, 0) is 48.1 Å². The fourth-order valence-electron chi connectivity index (χ4n) is 4.97. The number of hydrogen-bond acceptors (Lipinski definition) is 2. The van der Waals surface area contributed by atoms with Crippen LogP contribution in [-0.4, -0.2) is 19.0 Å². The summed E-state index contributed by atoms with van der Waals surface area (Å²) in [6.45, 7) is 3.63. The first-order valence-electron chi connectivity index (χ1n) is 9.38. The highest BCUT2D eigenvalue weighted by Crippen LogP contribution is 2.57. The predicted molar refractivity (Wildman–Crippen MR) is 100 cm³/mol. The number of aryl methyl sites for hydroxylation is 1. The summed E-state index contributed by atoms with van der Waals surface area (Å²) in [6, 6.07) is 17.9. The molecular formula is C23H24O2. The van der Waals surface area contributed by atoms with E-state index < -0.39 is 0 Å². The van der Waals surface area contributed by atoms with Crippen LogP contribution in [-0.2, 0) is 14.9 Å². The zero-order chi connectivity index (χ0) is 16.9. The van der Waals surface area contributed by atoms with Crippen molar-refractivity contribution in [2.24, 2.45) is 0 Å². The topological polar surface area (TPSA) is 18.5 Å². The molecule has 2 heteroatoms. The van der Waals surface area contributed by atoms with Gasteiger partial charge in [0.25, 0.3) is 0 Å². The summed E-state index contributed by atoms with van der Waals surface area (Å²) in [7, 11) is 0. The predicted octanol–water partition coefficient (Wildman–Crippen LogP) is 5.10. The molecule has 0 N–H and O–H groups in total. The molecule has 0 amide bonds. The van der Waals surface area contributed by atoms with Crippen molar-refractivity contribution >= 4 is 11.6 Å². The quantitative estimate of drug-likeness (QED) is 0.723. The van der Waals surface area contributed by atoms with E-state index in [9.17, 15) is 0 Å². The first-order chi connectivity index (χ1) is 12.2. The second kappa shape index (κ2) is 5.55. The Bertz CT molecular complexity index is 815. The van der Waals surface area contributed by atoms with Crippen molar-refractivity contribution in [3.8, 4) is 0 Å². The van der Waals surface area contributed by atoms with Crippen molar-refractivity contribution < 1.29 is 9.47 Å². The molecule has 2 aromatic rings. The molecule has 2 aliphatic carbocycles. The zero-order valence-corrected chi connectivity index (χ0v) is 14.8. The van der Waals surface area contributed by atoms with Gasteiger partial charge in [0.05, 0.1) is 13.2 Å². The lowest BCUT2D eigenvalue weighted by atomic mass is 9.64. The molecule has 0 bridgehead atoms. The lowest BCUT2D eigenvalue weighted by Crippen LogP contribution is -2.42. The Kier molecular flexibility index (Phi) is 3.41. The third-order valence-corrected chi connectivity index (χ3v) is 6.33. The van der Waals surface area contributed by atoms with Crippen LogP contribution in [0.2, 0.25) is 0 Å². The van der Waals surface area contributed by atoms with E-state index in [1.54, 1.807) is 0 Å². The molecule has 2 aromatic carbocycles. The second-order valence-corrected chi connectivity index (χ2v) is 7.70. The number of allylic oxidation sites excluding steroid dienone is 1. The SMILES string of the molecule is Cc1ccc(C2=Cc3ccccc3C23CCC2(CC3)OCCO2)cc1. The molecule has 1 saturated carbocycles. The Hall–Kier alpha value is -1.90. The van der Waals surface area contributed by atoms with E-state index in [2.05, 4.69) is 61.5 Å². The van der Waals surface area contributed by atoms with Gasteiger partial charge in [-0.25, -0.2) is 0 Å². The first kappa shape index (κ1) is 15.4. The standard InChI is InChI=1S/C23H24O2/c1-17-6-8-18(9-7-17)21-16-19-4-2-3-5-20(19)22(21)10-12-23(13-11-22)24-14-15-25-23/h2-9,16H,10-15H2,1H3. The molecule has 128 valence electrons. The fraction of sp³-hybridized carbons (Fsp3) is 0.391.